The van der Waals surface area contributed by atoms with Crippen molar-refractivity contribution >= 4 is 57.6 Å². The number of benzene rings is 2. The van der Waals surface area contributed by atoms with Gasteiger partial charge in [-0.2, -0.15) is 0 Å². The minimum atomic E-state index is -0.171. The van der Waals surface area contributed by atoms with Crippen LogP contribution in [0.15, 0.2) is 66.1 Å². The summed E-state index contributed by atoms with van der Waals surface area (Å²) >= 11 is 12.8. The van der Waals surface area contributed by atoms with E-state index >= 15 is 0 Å². The van der Waals surface area contributed by atoms with E-state index in [1.807, 2.05) is 42.5 Å². The van der Waals surface area contributed by atoms with Crippen LogP contribution in [0.25, 0.3) is 6.08 Å². The van der Waals surface area contributed by atoms with Gasteiger partial charge in [-0.15, -0.1) is 0 Å². The molecule has 25 heavy (non-hydrogen) atoms. The summed E-state index contributed by atoms with van der Waals surface area (Å²) in [6.45, 7) is 4.07. The van der Waals surface area contributed by atoms with Crippen LogP contribution in [0.3, 0.4) is 0 Å². The highest BCUT2D eigenvalue weighted by molar-refractivity contribution is 8.27. The number of amides is 1. The number of halogens is 1. The van der Waals surface area contributed by atoms with Crippen LogP contribution in [0.1, 0.15) is 5.56 Å². The Hall–Kier alpha value is -2.08. The van der Waals surface area contributed by atoms with E-state index < -0.39 is 0 Å². The maximum atomic E-state index is 12.7. The zero-order chi connectivity index (χ0) is 17.8. The van der Waals surface area contributed by atoms with Gasteiger partial charge in [0.25, 0.3) is 5.91 Å². The maximum Gasteiger partial charge on any atom is 0.270 e. The van der Waals surface area contributed by atoms with Gasteiger partial charge >= 0.3 is 0 Å². The zero-order valence-corrected chi connectivity index (χ0v) is 15.5. The van der Waals surface area contributed by atoms with Gasteiger partial charge < -0.3 is 4.74 Å². The predicted octanol–water partition coefficient (Wildman–Crippen LogP) is 5.31. The van der Waals surface area contributed by atoms with Crippen molar-refractivity contribution < 1.29 is 9.53 Å². The van der Waals surface area contributed by atoms with Gasteiger partial charge in [0.05, 0.1) is 15.6 Å². The summed E-state index contributed by atoms with van der Waals surface area (Å²) in [7, 11) is 0. The second-order valence-electron chi connectivity index (χ2n) is 5.14. The number of anilines is 1. The molecular formula is C19H14ClNO2S2. The lowest BCUT2D eigenvalue weighted by atomic mass is 10.2. The molecular weight excluding hydrogens is 374 g/mol. The first-order valence-corrected chi connectivity index (χ1v) is 9.06. The summed E-state index contributed by atoms with van der Waals surface area (Å²) in [5, 5.41) is 0.490. The Morgan fingerprint density at radius 2 is 1.92 bits per heavy atom. The molecule has 1 fully saturated rings. The van der Waals surface area contributed by atoms with Crippen LogP contribution in [0.2, 0.25) is 5.02 Å². The second-order valence-corrected chi connectivity index (χ2v) is 7.22. The zero-order valence-electron chi connectivity index (χ0n) is 13.1. The number of carbonyl (C=O) groups excluding carboxylic acids is 1. The van der Waals surface area contributed by atoms with E-state index in [1.54, 1.807) is 18.2 Å². The third kappa shape index (κ3) is 3.95. The predicted molar refractivity (Wildman–Crippen MR) is 109 cm³/mol. The standard InChI is InChI=1S/C19H14ClNO2S2/c1-2-11-23-14-9-7-13(8-10-14)12-17-18(22)21(19(24)25-17)16-6-4-3-5-15(16)20/h2-10,12H,1,11H2/b17-12-. The van der Waals surface area contributed by atoms with E-state index in [2.05, 4.69) is 6.58 Å². The average molecular weight is 388 g/mol. The molecule has 2 aromatic rings. The molecule has 0 radical (unpaired) electrons. The van der Waals surface area contributed by atoms with Crippen LogP contribution >= 0.6 is 35.6 Å². The number of rotatable bonds is 5. The minimum Gasteiger partial charge on any atom is -0.490 e. The SMILES string of the molecule is C=CCOc1ccc(/C=C2\SC(=S)N(c3ccccc3Cl)C2=O)cc1. The maximum absolute atomic E-state index is 12.7. The number of thiocarbonyl (C=S) groups is 1. The first-order valence-electron chi connectivity index (χ1n) is 7.46. The molecule has 0 spiro atoms. The number of para-hydroxylation sites is 1. The highest BCUT2D eigenvalue weighted by Gasteiger charge is 2.34. The highest BCUT2D eigenvalue weighted by Crippen LogP contribution is 2.38. The first kappa shape index (κ1) is 17.7. The molecule has 0 aliphatic carbocycles. The molecule has 0 saturated carbocycles. The summed E-state index contributed by atoms with van der Waals surface area (Å²) in [6, 6.07) is 14.6. The first-order chi connectivity index (χ1) is 12.1. The largest absolute Gasteiger partial charge is 0.490 e. The number of carbonyl (C=O) groups is 1. The fourth-order valence-electron chi connectivity index (χ4n) is 2.28. The van der Waals surface area contributed by atoms with Crippen molar-refractivity contribution in [3.63, 3.8) is 0 Å². The van der Waals surface area contributed by atoms with Gasteiger partial charge in [0.15, 0.2) is 4.32 Å². The fraction of sp³-hybridized carbons (Fsp3) is 0.0526. The van der Waals surface area contributed by atoms with Crippen LogP contribution in [-0.4, -0.2) is 16.8 Å². The number of nitrogens with zero attached hydrogens (tertiary/aromatic N) is 1. The molecule has 2 aromatic carbocycles. The van der Waals surface area contributed by atoms with Gasteiger partial charge in [0.2, 0.25) is 0 Å². The Labute approximate surface area is 160 Å². The van der Waals surface area contributed by atoms with Crippen molar-refractivity contribution in [2.75, 3.05) is 11.5 Å². The van der Waals surface area contributed by atoms with Gasteiger partial charge in [0, 0.05) is 0 Å². The minimum absolute atomic E-state index is 0.171. The Balaban J connectivity index is 1.83. The fourth-order valence-corrected chi connectivity index (χ4v) is 3.78. The molecule has 1 aliphatic rings. The van der Waals surface area contributed by atoms with Crippen LogP contribution in [0.5, 0.6) is 5.75 Å². The molecule has 1 aliphatic heterocycles. The number of thioether (sulfide) groups is 1. The Morgan fingerprint density at radius 1 is 1.20 bits per heavy atom. The summed E-state index contributed by atoms with van der Waals surface area (Å²) in [5.41, 5.74) is 1.49. The van der Waals surface area contributed by atoms with Crippen molar-refractivity contribution in [1.82, 2.24) is 0 Å². The lowest BCUT2D eigenvalue weighted by molar-refractivity contribution is -0.113. The van der Waals surface area contributed by atoms with Gasteiger partial charge in [-0.05, 0) is 35.9 Å². The molecule has 1 saturated heterocycles. The molecule has 0 aromatic heterocycles. The van der Waals surface area contributed by atoms with E-state index in [0.717, 1.165) is 11.3 Å². The summed E-state index contributed by atoms with van der Waals surface area (Å²) in [4.78, 5) is 14.8. The van der Waals surface area contributed by atoms with Crippen LogP contribution in [0, 0.1) is 0 Å². The number of ether oxygens (including phenoxy) is 1. The highest BCUT2D eigenvalue weighted by atomic mass is 35.5. The van der Waals surface area contributed by atoms with Crippen molar-refractivity contribution in [3.8, 4) is 5.75 Å². The quantitative estimate of drug-likeness (QED) is 0.395. The normalized spacial score (nSPS) is 15.7. The van der Waals surface area contributed by atoms with Gasteiger partial charge in [-0.25, -0.2) is 0 Å². The van der Waals surface area contributed by atoms with E-state index in [-0.39, 0.29) is 5.91 Å². The molecule has 0 bridgehead atoms. The molecule has 3 nitrogen and oxygen atoms in total. The molecule has 1 heterocycles. The Bertz CT molecular complexity index is 862. The molecule has 0 unspecified atom stereocenters. The second kappa shape index (κ2) is 7.87. The summed E-state index contributed by atoms with van der Waals surface area (Å²) < 4.78 is 5.92. The smallest absolute Gasteiger partial charge is 0.270 e. The molecule has 126 valence electrons. The Morgan fingerprint density at radius 3 is 2.60 bits per heavy atom. The van der Waals surface area contributed by atoms with Crippen LogP contribution in [0.4, 0.5) is 5.69 Å². The van der Waals surface area contributed by atoms with Crippen molar-refractivity contribution in [1.29, 1.82) is 0 Å². The summed E-state index contributed by atoms with van der Waals surface area (Å²) in [6.07, 6.45) is 3.50. The third-order valence-electron chi connectivity index (χ3n) is 3.43. The third-order valence-corrected chi connectivity index (χ3v) is 5.05. The molecule has 0 N–H and O–H groups in total. The van der Waals surface area contributed by atoms with E-state index in [9.17, 15) is 4.79 Å². The summed E-state index contributed by atoms with van der Waals surface area (Å²) in [5.74, 6) is 0.579. The van der Waals surface area contributed by atoms with Gasteiger partial charge in [-0.3, -0.25) is 9.69 Å². The number of hydrogen-bond donors (Lipinski definition) is 0. The van der Waals surface area contributed by atoms with E-state index in [0.29, 0.717) is 26.5 Å². The van der Waals surface area contributed by atoms with E-state index in [4.69, 9.17) is 28.6 Å². The average Bonchev–Trinajstić information content (AvgIpc) is 2.89. The van der Waals surface area contributed by atoms with Crippen molar-refractivity contribution in [2.24, 2.45) is 0 Å². The molecule has 0 atom stereocenters. The van der Waals surface area contributed by atoms with Gasteiger partial charge in [0.1, 0.15) is 12.4 Å². The van der Waals surface area contributed by atoms with Gasteiger partial charge in [-0.1, -0.05) is 72.5 Å². The Kier molecular flexibility index (Phi) is 5.58. The molecule has 3 rings (SSSR count). The van der Waals surface area contributed by atoms with Crippen molar-refractivity contribution in [2.45, 2.75) is 0 Å². The monoisotopic (exact) mass is 387 g/mol. The molecule has 1 amide bonds. The molecule has 6 heteroatoms. The lowest BCUT2D eigenvalue weighted by Gasteiger charge is -2.15. The van der Waals surface area contributed by atoms with E-state index in [1.165, 1.54) is 16.7 Å². The lowest BCUT2D eigenvalue weighted by Crippen LogP contribution is -2.27. The van der Waals surface area contributed by atoms with Crippen LogP contribution in [-0.2, 0) is 4.79 Å². The number of hydrogen-bond acceptors (Lipinski definition) is 4. The topological polar surface area (TPSA) is 29.5 Å². The van der Waals surface area contributed by atoms with Crippen LogP contribution < -0.4 is 9.64 Å². The van der Waals surface area contributed by atoms with Crippen molar-refractivity contribution in [3.05, 3.63) is 76.7 Å².